The molecule has 1 aliphatic rings. The zero-order chi connectivity index (χ0) is 29.7. The molecule has 0 N–H and O–H groups in total. The van der Waals surface area contributed by atoms with E-state index < -0.39 is 36.7 Å². The van der Waals surface area contributed by atoms with Gasteiger partial charge in [-0.3, -0.25) is 4.79 Å². The summed E-state index contributed by atoms with van der Waals surface area (Å²) in [6.45, 7) is 2.87. The highest BCUT2D eigenvalue weighted by atomic mass is 16.7. The van der Waals surface area contributed by atoms with Crippen LogP contribution < -0.4 is 0 Å². The molecule has 7 heteroatoms. The molecule has 0 radical (unpaired) electrons. The monoisotopic (exact) mass is 582 g/mol. The van der Waals surface area contributed by atoms with E-state index >= 15 is 0 Å². The maximum Gasteiger partial charge on any atom is 0.305 e. The fourth-order valence-electron chi connectivity index (χ4n) is 5.01. The van der Waals surface area contributed by atoms with Gasteiger partial charge in [-0.2, -0.15) is 0 Å². The van der Waals surface area contributed by atoms with Crippen molar-refractivity contribution in [2.45, 2.75) is 64.1 Å². The van der Waals surface area contributed by atoms with Crippen LogP contribution in [0.3, 0.4) is 0 Å². The molecular weight excluding hydrogens is 544 g/mol. The lowest BCUT2D eigenvalue weighted by Crippen LogP contribution is -2.62. The van der Waals surface area contributed by atoms with Gasteiger partial charge in [0.2, 0.25) is 6.29 Å². The van der Waals surface area contributed by atoms with E-state index in [0.717, 1.165) is 22.3 Å². The van der Waals surface area contributed by atoms with Gasteiger partial charge in [-0.05, 0) is 22.3 Å². The van der Waals surface area contributed by atoms with E-state index in [0.29, 0.717) is 19.8 Å². The third kappa shape index (κ3) is 9.32. The van der Waals surface area contributed by atoms with Crippen molar-refractivity contribution in [3.05, 3.63) is 144 Å². The largest absolute Gasteiger partial charge is 0.433 e. The van der Waals surface area contributed by atoms with Crippen LogP contribution in [0.15, 0.2) is 121 Å². The van der Waals surface area contributed by atoms with Gasteiger partial charge in [-0.15, -0.1) is 0 Å². The zero-order valence-electron chi connectivity index (χ0n) is 24.3. The Morgan fingerprint density at radius 3 is 1.40 bits per heavy atom. The molecule has 7 nitrogen and oxygen atoms in total. The molecule has 1 aliphatic heterocycles. The quantitative estimate of drug-likeness (QED) is 0.163. The van der Waals surface area contributed by atoms with Crippen LogP contribution in [0.25, 0.3) is 0 Å². The van der Waals surface area contributed by atoms with E-state index in [2.05, 4.69) is 0 Å². The second-order valence-electron chi connectivity index (χ2n) is 10.4. The second-order valence-corrected chi connectivity index (χ2v) is 10.4. The minimum absolute atomic E-state index is 0.197. The normalized spacial score (nSPS) is 21.7. The summed E-state index contributed by atoms with van der Waals surface area (Å²) in [4.78, 5) is 12.3. The molecule has 43 heavy (non-hydrogen) atoms. The summed E-state index contributed by atoms with van der Waals surface area (Å²) < 4.78 is 37.9. The van der Waals surface area contributed by atoms with E-state index in [4.69, 9.17) is 28.4 Å². The first-order chi connectivity index (χ1) is 21.2. The molecule has 5 rings (SSSR count). The highest BCUT2D eigenvalue weighted by Gasteiger charge is 2.50. The number of benzene rings is 4. The average molecular weight is 583 g/mol. The van der Waals surface area contributed by atoms with Crippen LogP contribution in [0.5, 0.6) is 0 Å². The van der Waals surface area contributed by atoms with Gasteiger partial charge >= 0.3 is 5.97 Å². The third-order valence-electron chi connectivity index (χ3n) is 7.12. The van der Waals surface area contributed by atoms with Crippen LogP contribution in [0, 0.1) is 0 Å². The SMILES string of the molecule is CC(=O)O[C@@H]1O[C@H](COCc2ccccc2)[C@H](OCc2ccccc2)[C@H](OCc2ccccc2)[C@H]1OCc1ccccc1. The molecule has 0 amide bonds. The lowest BCUT2D eigenvalue weighted by molar-refractivity contribution is -0.320. The number of carbonyl (C=O) groups is 1. The molecular formula is C36H38O7. The van der Waals surface area contributed by atoms with Crippen LogP contribution in [0.2, 0.25) is 0 Å². The zero-order valence-corrected chi connectivity index (χ0v) is 24.3. The van der Waals surface area contributed by atoms with Crippen molar-refractivity contribution in [3.8, 4) is 0 Å². The lowest BCUT2D eigenvalue weighted by atomic mass is 9.97. The minimum Gasteiger partial charge on any atom is -0.433 e. The molecule has 0 aliphatic carbocycles. The molecule has 0 spiro atoms. The van der Waals surface area contributed by atoms with Crippen molar-refractivity contribution in [3.63, 3.8) is 0 Å². The first-order valence-electron chi connectivity index (χ1n) is 14.6. The van der Waals surface area contributed by atoms with Crippen molar-refractivity contribution < 1.29 is 33.2 Å². The summed E-state index contributed by atoms with van der Waals surface area (Å²) in [5.41, 5.74) is 4.02. The Kier molecular flexibility index (Phi) is 11.5. The number of hydrogen-bond donors (Lipinski definition) is 0. The van der Waals surface area contributed by atoms with Crippen molar-refractivity contribution >= 4 is 5.97 Å². The maximum atomic E-state index is 12.3. The summed E-state index contributed by atoms with van der Waals surface area (Å²) in [6, 6.07) is 39.6. The highest BCUT2D eigenvalue weighted by Crippen LogP contribution is 2.31. The van der Waals surface area contributed by atoms with E-state index in [1.165, 1.54) is 6.92 Å². The summed E-state index contributed by atoms with van der Waals surface area (Å²) in [5.74, 6) is -0.479. The van der Waals surface area contributed by atoms with Gasteiger partial charge in [0.15, 0.2) is 0 Å². The molecule has 0 unspecified atom stereocenters. The van der Waals surface area contributed by atoms with Crippen LogP contribution in [0.1, 0.15) is 29.2 Å². The van der Waals surface area contributed by atoms with Crippen molar-refractivity contribution in [2.75, 3.05) is 6.61 Å². The number of ether oxygens (including phenoxy) is 6. The van der Waals surface area contributed by atoms with Gasteiger partial charge in [0.1, 0.15) is 24.4 Å². The fourth-order valence-corrected chi connectivity index (χ4v) is 5.01. The average Bonchev–Trinajstić information content (AvgIpc) is 3.04. The van der Waals surface area contributed by atoms with Gasteiger partial charge in [-0.25, -0.2) is 0 Å². The van der Waals surface area contributed by atoms with Crippen LogP contribution in [-0.4, -0.2) is 43.3 Å². The molecule has 4 aromatic carbocycles. The number of hydrogen-bond acceptors (Lipinski definition) is 7. The fraction of sp³-hybridized carbons (Fsp3) is 0.306. The van der Waals surface area contributed by atoms with E-state index in [1.54, 1.807) is 0 Å². The molecule has 1 heterocycles. The molecule has 1 saturated heterocycles. The predicted octanol–water partition coefficient (Wildman–Crippen LogP) is 6.25. The predicted molar refractivity (Wildman–Crippen MR) is 162 cm³/mol. The molecule has 0 bridgehead atoms. The lowest BCUT2D eigenvalue weighted by Gasteiger charge is -2.45. The summed E-state index contributed by atoms with van der Waals surface area (Å²) in [6.07, 6.45) is -3.62. The topological polar surface area (TPSA) is 72.5 Å². The van der Waals surface area contributed by atoms with E-state index in [-0.39, 0.29) is 13.2 Å². The molecule has 1 fully saturated rings. The van der Waals surface area contributed by atoms with E-state index in [9.17, 15) is 4.79 Å². The highest BCUT2D eigenvalue weighted by molar-refractivity contribution is 5.66. The van der Waals surface area contributed by atoms with Gasteiger partial charge in [0.25, 0.3) is 0 Å². The van der Waals surface area contributed by atoms with Gasteiger partial charge < -0.3 is 28.4 Å². The Bertz CT molecular complexity index is 1350. The molecule has 5 atom stereocenters. The van der Waals surface area contributed by atoms with Gasteiger partial charge in [0.05, 0.1) is 33.0 Å². The molecule has 4 aromatic rings. The smallest absolute Gasteiger partial charge is 0.305 e. The van der Waals surface area contributed by atoms with Crippen molar-refractivity contribution in [2.24, 2.45) is 0 Å². The molecule has 224 valence electrons. The van der Waals surface area contributed by atoms with Gasteiger partial charge in [-0.1, -0.05) is 121 Å². The first-order valence-corrected chi connectivity index (χ1v) is 14.6. The van der Waals surface area contributed by atoms with Crippen LogP contribution in [0.4, 0.5) is 0 Å². The van der Waals surface area contributed by atoms with Crippen molar-refractivity contribution in [1.82, 2.24) is 0 Å². The van der Waals surface area contributed by atoms with Crippen molar-refractivity contribution in [1.29, 1.82) is 0 Å². The Labute approximate surface area is 253 Å². The number of esters is 1. The summed E-state index contributed by atoms with van der Waals surface area (Å²) in [5, 5.41) is 0. The number of rotatable bonds is 14. The molecule has 0 saturated carbocycles. The third-order valence-corrected chi connectivity index (χ3v) is 7.12. The number of carbonyl (C=O) groups excluding carboxylic acids is 1. The Morgan fingerprint density at radius 2 is 0.953 bits per heavy atom. The maximum absolute atomic E-state index is 12.3. The van der Waals surface area contributed by atoms with E-state index in [1.807, 2.05) is 121 Å². The summed E-state index contributed by atoms with van der Waals surface area (Å²) >= 11 is 0. The Morgan fingerprint density at radius 1 is 0.558 bits per heavy atom. The standard InChI is InChI=1S/C36H38O7/c1-27(37)42-36-35(41-25-31-20-12-5-13-21-31)34(40-24-30-18-10-4-11-19-30)33(39-23-29-16-8-3-9-17-29)32(43-36)26-38-22-28-14-6-2-7-15-28/h2-21,32-36H,22-26H2,1H3/t32-,33+,34+,35-,36-/m1/s1. The summed E-state index contributed by atoms with van der Waals surface area (Å²) in [7, 11) is 0. The first kappa shape index (κ1) is 30.6. The minimum atomic E-state index is -1.02. The van der Waals surface area contributed by atoms with Crippen LogP contribution in [-0.2, 0) is 59.6 Å². The Hall–Kier alpha value is -3.85. The molecule has 0 aromatic heterocycles. The van der Waals surface area contributed by atoms with Gasteiger partial charge in [0, 0.05) is 6.92 Å². The second kappa shape index (κ2) is 16.1. The Balaban J connectivity index is 1.42. The van der Waals surface area contributed by atoms with Crippen LogP contribution >= 0.6 is 0 Å².